The second-order valence-corrected chi connectivity index (χ2v) is 10.6. The normalized spacial score (nSPS) is 18.2. The van der Waals surface area contributed by atoms with Crippen molar-refractivity contribution in [1.29, 1.82) is 0 Å². The predicted molar refractivity (Wildman–Crippen MR) is 155 cm³/mol. The lowest BCUT2D eigenvalue weighted by molar-refractivity contribution is -0.136. The van der Waals surface area contributed by atoms with Gasteiger partial charge in [0.15, 0.2) is 5.82 Å². The van der Waals surface area contributed by atoms with Crippen molar-refractivity contribution < 1.29 is 9.90 Å². The van der Waals surface area contributed by atoms with Crippen LogP contribution < -0.4 is 10.2 Å². The zero-order chi connectivity index (χ0) is 28.1. The van der Waals surface area contributed by atoms with Crippen LogP contribution in [0.1, 0.15) is 18.7 Å². The zero-order valence-corrected chi connectivity index (χ0v) is 23.6. The Balaban J connectivity index is 1.33. The highest BCUT2D eigenvalue weighted by Gasteiger charge is 2.34. The summed E-state index contributed by atoms with van der Waals surface area (Å²) in [5, 5.41) is 24.6. The van der Waals surface area contributed by atoms with E-state index in [0.29, 0.717) is 43.4 Å². The van der Waals surface area contributed by atoms with Crippen LogP contribution in [0.2, 0.25) is 0 Å². The molecule has 3 aromatic rings. The van der Waals surface area contributed by atoms with Gasteiger partial charge in [0, 0.05) is 97.6 Å². The van der Waals surface area contributed by atoms with Gasteiger partial charge < -0.3 is 30.1 Å². The van der Waals surface area contributed by atoms with Gasteiger partial charge in [-0.05, 0) is 26.0 Å². The van der Waals surface area contributed by atoms with Crippen LogP contribution in [0.15, 0.2) is 29.6 Å². The Hall–Kier alpha value is -3.84. The van der Waals surface area contributed by atoms with Crippen LogP contribution >= 0.6 is 0 Å². The number of fused-ring (bicyclic) bond motifs is 1. The summed E-state index contributed by atoms with van der Waals surface area (Å²) in [4.78, 5) is 33.3. The number of aliphatic hydroxyl groups excluding tert-OH is 1. The Morgan fingerprint density at radius 2 is 2.02 bits per heavy atom. The number of anilines is 3. The van der Waals surface area contributed by atoms with Gasteiger partial charge in [-0.15, -0.1) is 0 Å². The number of hydrazone groups is 1. The summed E-state index contributed by atoms with van der Waals surface area (Å²) in [5.41, 5.74) is 0.919. The quantitative estimate of drug-likeness (QED) is 0.279. The van der Waals surface area contributed by atoms with Crippen LogP contribution in [-0.2, 0) is 17.8 Å². The summed E-state index contributed by atoms with van der Waals surface area (Å²) in [6.45, 7) is 5.52. The lowest BCUT2D eigenvalue weighted by Gasteiger charge is -2.34. The predicted octanol–water partition coefficient (Wildman–Crippen LogP) is 1.04. The molecule has 3 aromatic heterocycles. The van der Waals surface area contributed by atoms with E-state index in [9.17, 15) is 9.90 Å². The van der Waals surface area contributed by atoms with E-state index in [2.05, 4.69) is 42.2 Å². The van der Waals surface area contributed by atoms with E-state index in [-0.39, 0.29) is 18.4 Å². The molecule has 0 aliphatic carbocycles. The molecule has 1 atom stereocenters. The summed E-state index contributed by atoms with van der Waals surface area (Å²) in [7, 11) is 5.83. The van der Waals surface area contributed by atoms with E-state index in [1.807, 2.05) is 35.9 Å². The molecule has 1 unspecified atom stereocenters. The number of carbonyl (C=O) groups is 1. The first-order valence-electron chi connectivity index (χ1n) is 13.9. The number of nitrogens with one attached hydrogen (secondary N) is 1. The molecular formula is C27H39N11O2. The van der Waals surface area contributed by atoms with Gasteiger partial charge in [-0.3, -0.25) is 9.48 Å². The average Bonchev–Trinajstić information content (AvgIpc) is 3.57. The molecule has 2 fully saturated rings. The summed E-state index contributed by atoms with van der Waals surface area (Å²) >= 11 is 0. The minimum Gasteiger partial charge on any atom is -0.396 e. The number of nitrogens with zero attached hydrogens (tertiary/aromatic N) is 10. The molecule has 40 heavy (non-hydrogen) atoms. The molecule has 13 heteroatoms. The van der Waals surface area contributed by atoms with Crippen molar-refractivity contribution in [2.75, 3.05) is 77.2 Å². The Bertz CT molecular complexity index is 1330. The third-order valence-electron chi connectivity index (χ3n) is 7.34. The molecule has 0 aromatic carbocycles. The fourth-order valence-electron chi connectivity index (χ4n) is 5.17. The molecule has 5 rings (SSSR count). The second-order valence-electron chi connectivity index (χ2n) is 10.6. The number of piperazine rings is 1. The Labute approximate surface area is 234 Å². The van der Waals surface area contributed by atoms with E-state index in [1.54, 1.807) is 23.5 Å². The first-order chi connectivity index (χ1) is 19.4. The van der Waals surface area contributed by atoms with Gasteiger partial charge in [0.1, 0.15) is 17.5 Å². The first kappa shape index (κ1) is 27.7. The van der Waals surface area contributed by atoms with Gasteiger partial charge in [0.2, 0.25) is 5.91 Å². The van der Waals surface area contributed by atoms with Gasteiger partial charge in [-0.25, -0.2) is 15.0 Å². The first-order valence-corrected chi connectivity index (χ1v) is 13.9. The van der Waals surface area contributed by atoms with E-state index in [0.717, 1.165) is 55.9 Å². The number of hydrogen-bond donors (Lipinski definition) is 2. The number of aryl methyl sites for hydroxylation is 1. The summed E-state index contributed by atoms with van der Waals surface area (Å²) in [6.07, 6.45) is 7.24. The van der Waals surface area contributed by atoms with Crippen molar-refractivity contribution in [2.24, 2.45) is 11.0 Å². The van der Waals surface area contributed by atoms with Crippen LogP contribution in [-0.4, -0.2) is 124 Å². The lowest BCUT2D eigenvalue weighted by Crippen LogP contribution is -2.49. The van der Waals surface area contributed by atoms with Crippen LogP contribution in [0.25, 0.3) is 10.9 Å². The highest BCUT2D eigenvalue weighted by Crippen LogP contribution is 2.32. The minimum absolute atomic E-state index is 0.0234. The van der Waals surface area contributed by atoms with Crippen LogP contribution in [0.4, 0.5) is 17.5 Å². The molecule has 214 valence electrons. The number of rotatable bonds is 10. The van der Waals surface area contributed by atoms with Crippen LogP contribution in [0.3, 0.4) is 0 Å². The number of likely N-dealkylation sites (N-methyl/N-ethyl adjacent to an activating group) is 1. The number of pyridine rings is 1. The third kappa shape index (κ3) is 6.48. The van der Waals surface area contributed by atoms with Crippen molar-refractivity contribution in [1.82, 2.24) is 39.5 Å². The molecule has 1 amide bonds. The molecule has 2 aliphatic heterocycles. The fraction of sp³-hybridized carbons (Fsp3) is 0.556. The maximum absolute atomic E-state index is 13.2. The van der Waals surface area contributed by atoms with E-state index >= 15 is 0 Å². The maximum atomic E-state index is 13.2. The number of aromatic nitrogens is 5. The molecule has 2 N–H and O–H groups in total. The molecule has 5 heterocycles. The summed E-state index contributed by atoms with van der Waals surface area (Å²) in [6, 6.07) is 3.76. The molecule has 0 spiro atoms. The molecule has 2 saturated heterocycles. The zero-order valence-electron chi connectivity index (χ0n) is 23.6. The number of hydrogen-bond acceptors (Lipinski definition) is 11. The monoisotopic (exact) mass is 549 g/mol. The van der Waals surface area contributed by atoms with Crippen molar-refractivity contribution in [2.45, 2.75) is 25.8 Å². The van der Waals surface area contributed by atoms with Gasteiger partial charge in [0.25, 0.3) is 0 Å². The van der Waals surface area contributed by atoms with Gasteiger partial charge in [-0.2, -0.15) is 10.2 Å². The number of amides is 1. The van der Waals surface area contributed by atoms with Crippen molar-refractivity contribution in [3.8, 4) is 0 Å². The fourth-order valence-corrected chi connectivity index (χ4v) is 5.17. The highest BCUT2D eigenvalue weighted by atomic mass is 16.3. The van der Waals surface area contributed by atoms with Crippen molar-refractivity contribution >= 4 is 40.5 Å². The number of carbonyl (C=O) groups excluding carboxylic acids is 1. The van der Waals surface area contributed by atoms with E-state index in [4.69, 9.17) is 5.10 Å². The van der Waals surface area contributed by atoms with Crippen LogP contribution in [0.5, 0.6) is 0 Å². The third-order valence-corrected chi connectivity index (χ3v) is 7.34. The maximum Gasteiger partial charge on any atom is 0.227 e. The van der Waals surface area contributed by atoms with Gasteiger partial charge >= 0.3 is 0 Å². The van der Waals surface area contributed by atoms with E-state index in [1.165, 1.54) is 0 Å². The smallest absolute Gasteiger partial charge is 0.227 e. The minimum atomic E-state index is -0.0234. The Kier molecular flexibility index (Phi) is 8.70. The largest absolute Gasteiger partial charge is 0.396 e. The molecule has 0 radical (unpaired) electrons. The number of aliphatic hydroxyl groups is 1. The average molecular weight is 550 g/mol. The SMILES string of the molecule is CN1CCN(C(=O)C2CCN(c3nn(CCCO)c4cc(Nc5ccnc(C/C=N\N(C)C)n5)ncc34)C2)CC1. The topological polar surface area (TPSA) is 131 Å². The second kappa shape index (κ2) is 12.6. The molecule has 0 saturated carbocycles. The lowest BCUT2D eigenvalue weighted by atomic mass is 10.1. The molecule has 0 bridgehead atoms. The molecule has 13 nitrogen and oxygen atoms in total. The van der Waals surface area contributed by atoms with Crippen LogP contribution in [0, 0.1) is 5.92 Å². The van der Waals surface area contributed by atoms with Gasteiger partial charge in [-0.1, -0.05) is 0 Å². The van der Waals surface area contributed by atoms with Crippen molar-refractivity contribution in [3.63, 3.8) is 0 Å². The summed E-state index contributed by atoms with van der Waals surface area (Å²) in [5.74, 6) is 3.00. The van der Waals surface area contributed by atoms with Gasteiger partial charge in [0.05, 0.1) is 16.8 Å². The molecular weight excluding hydrogens is 510 g/mol. The summed E-state index contributed by atoms with van der Waals surface area (Å²) < 4.78 is 1.92. The molecule has 2 aliphatic rings. The Morgan fingerprint density at radius 3 is 2.80 bits per heavy atom. The standard InChI is InChI=1S/C27H39N11O2/c1-34(2)30-9-6-23-28-8-5-24(31-23)32-25-17-22-21(18-29-25)26(33-38(22)10-4-16-39)37-11-7-20(19-37)27(40)36-14-12-35(3)13-15-36/h5,8-9,17-18,20,39H,4,6-7,10-16,19H2,1-3H3,(H,28,29,31,32)/b30-9-. The highest BCUT2D eigenvalue weighted by molar-refractivity contribution is 5.92. The Morgan fingerprint density at radius 1 is 1.20 bits per heavy atom. The van der Waals surface area contributed by atoms with Crippen molar-refractivity contribution in [3.05, 3.63) is 30.4 Å². The van der Waals surface area contributed by atoms with E-state index < -0.39 is 0 Å².